The Morgan fingerprint density at radius 2 is 2.04 bits per heavy atom. The van der Waals surface area contributed by atoms with Gasteiger partial charge in [0.2, 0.25) is 5.91 Å². The van der Waals surface area contributed by atoms with E-state index in [0.717, 1.165) is 41.2 Å². The maximum absolute atomic E-state index is 12.2. The average Bonchev–Trinajstić information content (AvgIpc) is 3.25. The van der Waals surface area contributed by atoms with Gasteiger partial charge >= 0.3 is 0 Å². The second-order valence-corrected chi connectivity index (χ2v) is 7.07. The number of amides is 1. The van der Waals surface area contributed by atoms with Gasteiger partial charge in [0.05, 0.1) is 12.3 Å². The van der Waals surface area contributed by atoms with Crippen LogP contribution in [0.25, 0.3) is 11.3 Å². The Bertz CT molecular complexity index is 845. The monoisotopic (exact) mass is 380 g/mol. The molecule has 0 aliphatic heterocycles. The quantitative estimate of drug-likeness (QED) is 0.577. The molecule has 1 N–H and O–H groups in total. The van der Waals surface area contributed by atoms with Gasteiger partial charge in [-0.1, -0.05) is 25.1 Å². The zero-order chi connectivity index (χ0) is 18.9. The molecule has 4 nitrogen and oxygen atoms in total. The molecule has 3 aromatic rings. The molecule has 140 valence electrons. The van der Waals surface area contributed by atoms with Crippen LogP contribution in [0.2, 0.25) is 0 Å². The highest BCUT2D eigenvalue weighted by molar-refractivity contribution is 7.08. The van der Waals surface area contributed by atoms with Crippen molar-refractivity contribution in [3.63, 3.8) is 0 Å². The van der Waals surface area contributed by atoms with Gasteiger partial charge in [0.1, 0.15) is 5.75 Å². The van der Waals surface area contributed by atoms with E-state index in [2.05, 4.69) is 22.6 Å². The fourth-order valence-corrected chi connectivity index (χ4v) is 3.39. The first-order valence-electron chi connectivity index (χ1n) is 9.21. The van der Waals surface area contributed by atoms with Crippen LogP contribution in [0.1, 0.15) is 30.9 Å². The van der Waals surface area contributed by atoms with E-state index < -0.39 is 0 Å². The van der Waals surface area contributed by atoms with E-state index in [0.29, 0.717) is 19.4 Å². The maximum Gasteiger partial charge on any atom is 0.220 e. The smallest absolute Gasteiger partial charge is 0.220 e. The number of pyridine rings is 1. The third kappa shape index (κ3) is 5.66. The number of aryl methyl sites for hydroxylation is 1. The zero-order valence-corrected chi connectivity index (χ0v) is 16.3. The van der Waals surface area contributed by atoms with Crippen LogP contribution in [0.5, 0.6) is 5.75 Å². The van der Waals surface area contributed by atoms with E-state index >= 15 is 0 Å². The lowest BCUT2D eigenvalue weighted by molar-refractivity contribution is -0.121. The lowest BCUT2D eigenvalue weighted by atomic mass is 10.1. The van der Waals surface area contributed by atoms with Crippen LogP contribution in [-0.4, -0.2) is 17.5 Å². The average molecular weight is 381 g/mol. The number of carbonyl (C=O) groups excluding carboxylic acids is 1. The molecule has 0 unspecified atom stereocenters. The van der Waals surface area contributed by atoms with E-state index in [9.17, 15) is 4.79 Å². The summed E-state index contributed by atoms with van der Waals surface area (Å²) >= 11 is 1.64. The van der Waals surface area contributed by atoms with Crippen molar-refractivity contribution < 1.29 is 9.53 Å². The fraction of sp³-hybridized carbons (Fsp3) is 0.273. The van der Waals surface area contributed by atoms with E-state index in [1.54, 1.807) is 17.5 Å². The van der Waals surface area contributed by atoms with Crippen molar-refractivity contribution in [2.45, 2.75) is 32.7 Å². The molecule has 5 heteroatoms. The second kappa shape index (κ2) is 9.88. The topological polar surface area (TPSA) is 51.2 Å². The number of aromatic nitrogens is 1. The van der Waals surface area contributed by atoms with Crippen molar-refractivity contribution in [1.29, 1.82) is 0 Å². The summed E-state index contributed by atoms with van der Waals surface area (Å²) in [5, 5.41) is 7.11. The molecular formula is C22H24N2O2S. The minimum atomic E-state index is 0.0430. The van der Waals surface area contributed by atoms with Gasteiger partial charge in [-0.25, -0.2) is 0 Å². The number of carbonyl (C=O) groups is 1. The Balaban J connectivity index is 1.49. The van der Waals surface area contributed by atoms with Crippen LogP contribution in [0.3, 0.4) is 0 Å². The largest absolute Gasteiger partial charge is 0.494 e. The van der Waals surface area contributed by atoms with Gasteiger partial charge in [-0.3, -0.25) is 9.78 Å². The lowest BCUT2D eigenvalue weighted by Gasteiger charge is -2.09. The first-order valence-corrected chi connectivity index (χ1v) is 10.2. The molecule has 3 rings (SSSR count). The molecular weight excluding hydrogens is 356 g/mol. The molecule has 0 aliphatic carbocycles. The van der Waals surface area contributed by atoms with E-state index in [4.69, 9.17) is 4.74 Å². The molecule has 0 spiro atoms. The number of hydrogen-bond donors (Lipinski definition) is 1. The van der Waals surface area contributed by atoms with Gasteiger partial charge in [-0.2, -0.15) is 11.3 Å². The molecule has 0 radical (unpaired) electrons. The summed E-state index contributed by atoms with van der Waals surface area (Å²) in [6.45, 7) is 3.30. The van der Waals surface area contributed by atoms with Crippen LogP contribution in [0.15, 0.2) is 59.4 Å². The first kappa shape index (κ1) is 19.1. The fourth-order valence-electron chi connectivity index (χ4n) is 2.75. The minimum absolute atomic E-state index is 0.0430. The van der Waals surface area contributed by atoms with E-state index in [-0.39, 0.29) is 5.91 Å². The number of thiophene rings is 1. The van der Waals surface area contributed by atoms with Gasteiger partial charge in [0.25, 0.3) is 0 Å². The summed E-state index contributed by atoms with van der Waals surface area (Å²) in [4.78, 5) is 16.7. The van der Waals surface area contributed by atoms with Crippen LogP contribution >= 0.6 is 11.3 Å². The van der Waals surface area contributed by atoms with Crippen molar-refractivity contribution in [2.75, 3.05) is 6.61 Å². The number of benzene rings is 1. The molecule has 1 aromatic carbocycles. The highest BCUT2D eigenvalue weighted by Gasteiger charge is 2.08. The maximum atomic E-state index is 12.2. The number of hydrogen-bond acceptors (Lipinski definition) is 4. The van der Waals surface area contributed by atoms with Crippen LogP contribution in [-0.2, 0) is 17.8 Å². The highest BCUT2D eigenvalue weighted by Crippen LogP contribution is 2.23. The number of nitrogens with one attached hydrogen (secondary N) is 1. The van der Waals surface area contributed by atoms with Crippen LogP contribution in [0.4, 0.5) is 0 Å². The molecule has 2 heterocycles. The van der Waals surface area contributed by atoms with Gasteiger partial charge < -0.3 is 10.1 Å². The van der Waals surface area contributed by atoms with Crippen molar-refractivity contribution >= 4 is 17.2 Å². The molecule has 1 amide bonds. The van der Waals surface area contributed by atoms with Gasteiger partial charge in [-0.15, -0.1) is 0 Å². The molecule has 0 saturated carbocycles. The SMILES string of the molecule is CCCOc1ccc(CCC(=O)NCc2cccnc2-c2ccsc2)cc1. The van der Waals surface area contributed by atoms with Gasteiger partial charge in [0.15, 0.2) is 0 Å². The third-order valence-electron chi connectivity index (χ3n) is 4.20. The standard InChI is InChI=1S/C22H24N2O2S/c1-2-13-26-20-8-5-17(6-9-20)7-10-21(25)24-15-18-4-3-12-23-22(18)19-11-14-27-16-19/h3-6,8-9,11-12,14,16H,2,7,10,13,15H2,1H3,(H,24,25). The van der Waals surface area contributed by atoms with Gasteiger partial charge in [0, 0.05) is 30.1 Å². The van der Waals surface area contributed by atoms with Crippen LogP contribution < -0.4 is 10.1 Å². The predicted octanol–water partition coefficient (Wildman–Crippen LogP) is 4.85. The molecule has 0 saturated heterocycles. The Morgan fingerprint density at radius 3 is 2.78 bits per heavy atom. The summed E-state index contributed by atoms with van der Waals surface area (Å²) < 4.78 is 5.58. The molecule has 0 aliphatic rings. The second-order valence-electron chi connectivity index (χ2n) is 6.29. The third-order valence-corrected chi connectivity index (χ3v) is 4.88. The van der Waals surface area contributed by atoms with E-state index in [1.807, 2.05) is 47.8 Å². The Morgan fingerprint density at radius 1 is 1.19 bits per heavy atom. The summed E-state index contributed by atoms with van der Waals surface area (Å²) in [6, 6.07) is 13.9. The number of nitrogens with zero attached hydrogens (tertiary/aromatic N) is 1. The molecule has 0 bridgehead atoms. The van der Waals surface area contributed by atoms with Crippen molar-refractivity contribution in [3.8, 4) is 17.0 Å². The van der Waals surface area contributed by atoms with Crippen LogP contribution in [0, 0.1) is 0 Å². The Labute approximate surface area is 164 Å². The number of ether oxygens (including phenoxy) is 1. The molecule has 2 aromatic heterocycles. The zero-order valence-electron chi connectivity index (χ0n) is 15.5. The molecule has 0 atom stereocenters. The minimum Gasteiger partial charge on any atom is -0.494 e. The summed E-state index contributed by atoms with van der Waals surface area (Å²) in [7, 11) is 0. The Kier molecular flexibility index (Phi) is 6.99. The van der Waals surface area contributed by atoms with Crippen molar-refractivity contribution in [3.05, 3.63) is 70.5 Å². The Hall–Kier alpha value is -2.66. The highest BCUT2D eigenvalue weighted by atomic mass is 32.1. The normalized spacial score (nSPS) is 10.6. The molecule has 27 heavy (non-hydrogen) atoms. The summed E-state index contributed by atoms with van der Waals surface area (Å²) in [6.07, 6.45) is 3.95. The predicted molar refractivity (Wildman–Crippen MR) is 110 cm³/mol. The summed E-state index contributed by atoms with van der Waals surface area (Å²) in [5.74, 6) is 0.920. The lowest BCUT2D eigenvalue weighted by Crippen LogP contribution is -2.23. The van der Waals surface area contributed by atoms with Crippen molar-refractivity contribution in [1.82, 2.24) is 10.3 Å². The van der Waals surface area contributed by atoms with E-state index in [1.165, 1.54) is 0 Å². The van der Waals surface area contributed by atoms with Crippen molar-refractivity contribution in [2.24, 2.45) is 0 Å². The first-order chi connectivity index (χ1) is 13.3. The van der Waals surface area contributed by atoms with Gasteiger partial charge in [-0.05, 0) is 53.6 Å². The number of rotatable bonds is 9. The summed E-state index contributed by atoms with van der Waals surface area (Å²) in [5.41, 5.74) is 4.19. The molecule has 0 fully saturated rings.